The summed E-state index contributed by atoms with van der Waals surface area (Å²) >= 11 is 5.88. The molecule has 1 saturated heterocycles. The zero-order valence-electron chi connectivity index (χ0n) is 19.3. The molecule has 2 heterocycles. The Kier molecular flexibility index (Phi) is 6.71. The molecule has 6 nitrogen and oxygen atoms in total. The number of benzene rings is 1. The molecule has 0 spiro atoms. The van der Waals surface area contributed by atoms with Crippen LogP contribution in [-0.4, -0.2) is 60.0 Å². The van der Waals surface area contributed by atoms with Crippen LogP contribution in [-0.2, 0) is 4.79 Å². The number of anilines is 1. The van der Waals surface area contributed by atoms with Gasteiger partial charge in [0.1, 0.15) is 24.1 Å². The first kappa shape index (κ1) is 23.4. The summed E-state index contributed by atoms with van der Waals surface area (Å²) in [7, 11) is 0. The average Bonchev–Trinajstić information content (AvgIpc) is 3.62. The summed E-state index contributed by atoms with van der Waals surface area (Å²) in [5.41, 5.74) is 2.03. The number of fused-ring (bicyclic) bond motifs is 1. The molecule has 1 aromatic heterocycles. The number of hydrogen-bond donors (Lipinski definition) is 1. The van der Waals surface area contributed by atoms with E-state index in [1.165, 1.54) is 31.3 Å². The van der Waals surface area contributed by atoms with E-state index in [1.54, 1.807) is 6.07 Å². The second-order valence-corrected chi connectivity index (χ2v) is 10.1. The van der Waals surface area contributed by atoms with E-state index in [9.17, 15) is 13.6 Å². The fourth-order valence-corrected chi connectivity index (χ4v) is 5.22. The van der Waals surface area contributed by atoms with Crippen LogP contribution in [0.25, 0.3) is 0 Å². The van der Waals surface area contributed by atoms with Gasteiger partial charge in [0.05, 0.1) is 16.6 Å². The summed E-state index contributed by atoms with van der Waals surface area (Å²) in [5, 5.41) is 3.46. The number of nitrogens with one attached hydrogen (secondary N) is 1. The minimum atomic E-state index is -1.04. The standard InChI is InChI=1S/C25H30ClF2N5O/c1-15-10-21(28)23-22(15)24(31-14-30-23)32-6-8-33(9-7-32)25(34)18(13-29-12-16-2-3-16)17-4-5-19(26)20(27)11-17/h4-5,11,14-16,18,21,29H,2-3,6-10,12-13H2,1H3/t15-,18?,21-/m1/s1. The highest BCUT2D eigenvalue weighted by Crippen LogP contribution is 2.44. The van der Waals surface area contributed by atoms with Gasteiger partial charge in [-0.3, -0.25) is 4.79 Å². The van der Waals surface area contributed by atoms with Gasteiger partial charge in [-0.05, 0) is 55.3 Å². The maximum Gasteiger partial charge on any atom is 0.231 e. The fourth-order valence-electron chi connectivity index (χ4n) is 5.10. The molecule has 2 aliphatic carbocycles. The molecule has 1 N–H and O–H groups in total. The molecular weight excluding hydrogens is 460 g/mol. The zero-order valence-corrected chi connectivity index (χ0v) is 20.1. The topological polar surface area (TPSA) is 61.4 Å². The molecule has 2 aromatic rings. The number of carbonyl (C=O) groups excluding carboxylic acids is 1. The Balaban J connectivity index is 1.28. The molecule has 1 aliphatic heterocycles. The number of rotatable bonds is 7. The maximum absolute atomic E-state index is 14.3. The highest BCUT2D eigenvalue weighted by atomic mass is 35.5. The molecule has 0 radical (unpaired) electrons. The van der Waals surface area contributed by atoms with Crippen LogP contribution in [0.4, 0.5) is 14.6 Å². The van der Waals surface area contributed by atoms with Crippen molar-refractivity contribution in [3.8, 4) is 0 Å². The number of aromatic nitrogens is 2. The fraction of sp³-hybridized carbons (Fsp3) is 0.560. The van der Waals surface area contributed by atoms with Crippen molar-refractivity contribution in [2.75, 3.05) is 44.2 Å². The number of amides is 1. The SMILES string of the molecule is C[C@@H]1C[C@@H](F)c2ncnc(N3CCN(C(=O)C(CNCC4CC4)c4ccc(Cl)c(F)c4)CC3)c21. The minimum Gasteiger partial charge on any atom is -0.353 e. The van der Waals surface area contributed by atoms with E-state index >= 15 is 0 Å². The Bertz CT molecular complexity index is 1060. The summed E-state index contributed by atoms with van der Waals surface area (Å²) < 4.78 is 28.5. The van der Waals surface area contributed by atoms with Gasteiger partial charge < -0.3 is 15.1 Å². The van der Waals surface area contributed by atoms with Gasteiger partial charge in [-0.25, -0.2) is 18.7 Å². The van der Waals surface area contributed by atoms with Gasteiger partial charge in [-0.1, -0.05) is 24.6 Å². The Morgan fingerprint density at radius 2 is 2.00 bits per heavy atom. The van der Waals surface area contributed by atoms with Crippen LogP contribution in [0.15, 0.2) is 24.5 Å². The summed E-state index contributed by atoms with van der Waals surface area (Å²) in [5.74, 6) is 0.529. The number of carbonyl (C=O) groups is 1. The Morgan fingerprint density at radius 1 is 1.24 bits per heavy atom. The van der Waals surface area contributed by atoms with Crippen molar-refractivity contribution in [1.82, 2.24) is 20.2 Å². The van der Waals surface area contributed by atoms with E-state index in [-0.39, 0.29) is 16.8 Å². The lowest BCUT2D eigenvalue weighted by atomic mass is 9.96. The predicted octanol–water partition coefficient (Wildman–Crippen LogP) is 4.22. The zero-order chi connectivity index (χ0) is 23.8. The second kappa shape index (κ2) is 9.74. The van der Waals surface area contributed by atoms with Crippen LogP contribution in [0, 0.1) is 11.7 Å². The molecule has 9 heteroatoms. The number of alkyl halides is 1. The number of halogens is 3. The molecule has 3 aliphatic rings. The van der Waals surface area contributed by atoms with Crippen LogP contribution in [0.5, 0.6) is 0 Å². The summed E-state index contributed by atoms with van der Waals surface area (Å²) in [6, 6.07) is 4.63. The van der Waals surface area contributed by atoms with Crippen molar-refractivity contribution in [3.05, 3.63) is 52.2 Å². The molecule has 1 unspecified atom stereocenters. The van der Waals surface area contributed by atoms with Gasteiger partial charge in [0, 0.05) is 38.3 Å². The third-order valence-corrected chi connectivity index (χ3v) is 7.56. The maximum atomic E-state index is 14.3. The largest absolute Gasteiger partial charge is 0.353 e. The Hall–Kier alpha value is -2.32. The van der Waals surface area contributed by atoms with Crippen molar-refractivity contribution in [1.29, 1.82) is 0 Å². The molecule has 0 bridgehead atoms. The normalized spacial score (nSPS) is 23.2. The third-order valence-electron chi connectivity index (χ3n) is 7.26. The van der Waals surface area contributed by atoms with Gasteiger partial charge in [0.25, 0.3) is 0 Å². The lowest BCUT2D eigenvalue weighted by Gasteiger charge is -2.38. The Morgan fingerprint density at radius 3 is 2.71 bits per heavy atom. The Labute approximate surface area is 203 Å². The molecule has 1 aromatic carbocycles. The van der Waals surface area contributed by atoms with E-state index in [2.05, 4.69) is 20.2 Å². The average molecular weight is 490 g/mol. The van der Waals surface area contributed by atoms with Gasteiger partial charge in [0.2, 0.25) is 5.91 Å². The molecule has 182 valence electrons. The molecule has 34 heavy (non-hydrogen) atoms. The lowest BCUT2D eigenvalue weighted by molar-refractivity contribution is -0.133. The quantitative estimate of drug-likeness (QED) is 0.631. The van der Waals surface area contributed by atoms with Crippen LogP contribution >= 0.6 is 11.6 Å². The molecule has 1 saturated carbocycles. The summed E-state index contributed by atoms with van der Waals surface area (Å²) in [6.45, 7) is 5.62. The first-order valence-corrected chi connectivity index (χ1v) is 12.5. The number of nitrogens with zero attached hydrogens (tertiary/aromatic N) is 4. The molecular formula is C25H30ClF2N5O. The molecule has 1 amide bonds. The smallest absolute Gasteiger partial charge is 0.231 e. The van der Waals surface area contributed by atoms with E-state index in [0.717, 1.165) is 17.9 Å². The van der Waals surface area contributed by atoms with Crippen molar-refractivity contribution in [3.63, 3.8) is 0 Å². The van der Waals surface area contributed by atoms with Crippen molar-refractivity contribution in [2.24, 2.45) is 5.92 Å². The minimum absolute atomic E-state index is 0.0187. The van der Waals surface area contributed by atoms with Crippen molar-refractivity contribution in [2.45, 2.75) is 44.2 Å². The van der Waals surface area contributed by atoms with Crippen molar-refractivity contribution < 1.29 is 13.6 Å². The van der Waals surface area contributed by atoms with Gasteiger partial charge in [0.15, 0.2) is 0 Å². The lowest BCUT2D eigenvalue weighted by Crippen LogP contribution is -2.51. The van der Waals surface area contributed by atoms with Gasteiger partial charge in [-0.2, -0.15) is 0 Å². The highest BCUT2D eigenvalue weighted by Gasteiger charge is 2.36. The predicted molar refractivity (Wildman–Crippen MR) is 127 cm³/mol. The highest BCUT2D eigenvalue weighted by molar-refractivity contribution is 6.30. The summed E-state index contributed by atoms with van der Waals surface area (Å²) in [4.78, 5) is 26.2. The number of hydrogen-bond acceptors (Lipinski definition) is 5. The first-order chi connectivity index (χ1) is 16.4. The number of piperazine rings is 1. The van der Waals surface area contributed by atoms with E-state index < -0.39 is 17.9 Å². The molecule has 5 rings (SSSR count). The summed E-state index contributed by atoms with van der Waals surface area (Å²) in [6.07, 6.45) is 3.27. The monoisotopic (exact) mass is 489 g/mol. The van der Waals surface area contributed by atoms with E-state index in [0.29, 0.717) is 56.3 Å². The van der Waals surface area contributed by atoms with Crippen LogP contribution in [0.1, 0.15) is 61.0 Å². The molecule has 3 atom stereocenters. The van der Waals surface area contributed by atoms with Gasteiger partial charge in [-0.15, -0.1) is 0 Å². The van der Waals surface area contributed by atoms with Crippen LogP contribution in [0.2, 0.25) is 5.02 Å². The third kappa shape index (κ3) is 4.75. The second-order valence-electron chi connectivity index (χ2n) is 9.74. The van der Waals surface area contributed by atoms with E-state index in [4.69, 9.17) is 11.6 Å². The van der Waals surface area contributed by atoms with Crippen LogP contribution in [0.3, 0.4) is 0 Å². The van der Waals surface area contributed by atoms with Crippen LogP contribution < -0.4 is 10.2 Å². The first-order valence-electron chi connectivity index (χ1n) is 12.1. The molecule has 2 fully saturated rings. The van der Waals surface area contributed by atoms with Gasteiger partial charge >= 0.3 is 0 Å². The van der Waals surface area contributed by atoms with Crippen molar-refractivity contribution >= 4 is 23.3 Å². The van der Waals surface area contributed by atoms with E-state index in [1.807, 2.05) is 11.8 Å².